The second-order valence-electron chi connectivity index (χ2n) is 10.0. The van der Waals surface area contributed by atoms with Crippen molar-refractivity contribution in [2.24, 2.45) is 0 Å². The quantitative estimate of drug-likeness (QED) is 0.405. The number of likely N-dealkylation sites (tertiary alicyclic amines) is 1. The summed E-state index contributed by atoms with van der Waals surface area (Å²) >= 11 is 12.5. The summed E-state index contributed by atoms with van der Waals surface area (Å²) in [7, 11) is 1.71. The lowest BCUT2D eigenvalue weighted by atomic mass is 9.90. The van der Waals surface area contributed by atoms with Crippen molar-refractivity contribution in [3.63, 3.8) is 0 Å². The second-order valence-corrected chi connectivity index (χ2v) is 10.9. The molecule has 2 N–H and O–H groups in total. The third kappa shape index (κ3) is 6.47. The molecular formula is C27H32Cl3N5O2. The predicted molar refractivity (Wildman–Crippen MR) is 151 cm³/mol. The van der Waals surface area contributed by atoms with Gasteiger partial charge >= 0.3 is 0 Å². The number of halogens is 3. The normalized spacial score (nSPS) is 19.4. The molecule has 4 rings (SSSR count). The van der Waals surface area contributed by atoms with Crippen molar-refractivity contribution in [3.8, 4) is 0 Å². The summed E-state index contributed by atoms with van der Waals surface area (Å²) < 4.78 is 1.91. The van der Waals surface area contributed by atoms with E-state index in [1.165, 1.54) is 0 Å². The highest BCUT2D eigenvalue weighted by atomic mass is 35.5. The molecule has 37 heavy (non-hydrogen) atoms. The zero-order valence-electron chi connectivity index (χ0n) is 21.2. The highest BCUT2D eigenvalue weighted by molar-refractivity contribution is 6.31. The number of nitrogens with one attached hydrogen (secondary N) is 2. The molecule has 2 heterocycles. The van der Waals surface area contributed by atoms with Gasteiger partial charge in [-0.2, -0.15) is 5.10 Å². The molecule has 7 nitrogen and oxygen atoms in total. The summed E-state index contributed by atoms with van der Waals surface area (Å²) in [5.74, 6) is -0.652. The summed E-state index contributed by atoms with van der Waals surface area (Å²) in [5.41, 5.74) is 2.07. The Hall–Kier alpha value is -2.58. The van der Waals surface area contributed by atoms with Crippen LogP contribution in [-0.2, 0) is 15.1 Å². The lowest BCUT2D eigenvalue weighted by molar-refractivity contribution is -0.138. The summed E-state index contributed by atoms with van der Waals surface area (Å²) in [4.78, 5) is 28.8. The van der Waals surface area contributed by atoms with E-state index in [1.807, 2.05) is 35.1 Å². The number of rotatable bonds is 6. The van der Waals surface area contributed by atoms with E-state index in [0.717, 1.165) is 11.3 Å². The minimum absolute atomic E-state index is 0. The number of hydrogen-bond acceptors (Lipinski definition) is 4. The molecule has 1 fully saturated rings. The van der Waals surface area contributed by atoms with Crippen molar-refractivity contribution in [2.75, 3.05) is 18.9 Å². The van der Waals surface area contributed by atoms with Crippen LogP contribution in [0.1, 0.15) is 50.4 Å². The molecule has 1 aliphatic rings. The number of likely N-dealkylation sites (N-methyl/N-ethyl adjacent to an activating group) is 1. The molecule has 0 bridgehead atoms. The van der Waals surface area contributed by atoms with Crippen LogP contribution in [-0.4, -0.2) is 46.1 Å². The average molecular weight is 565 g/mol. The summed E-state index contributed by atoms with van der Waals surface area (Å²) in [5, 5.41) is 11.8. The van der Waals surface area contributed by atoms with Gasteiger partial charge in [-0.25, -0.2) is 0 Å². The van der Waals surface area contributed by atoms with E-state index in [1.54, 1.807) is 42.3 Å². The van der Waals surface area contributed by atoms with Crippen molar-refractivity contribution in [1.82, 2.24) is 20.0 Å². The molecule has 1 unspecified atom stereocenters. The van der Waals surface area contributed by atoms with Crippen LogP contribution in [0.15, 0.2) is 60.8 Å². The molecule has 1 aromatic heterocycles. The number of hydrogen-bond donors (Lipinski definition) is 2. The zero-order valence-corrected chi connectivity index (χ0v) is 23.6. The van der Waals surface area contributed by atoms with Crippen LogP contribution in [0.4, 0.5) is 5.69 Å². The fraction of sp³-hybridized carbons (Fsp3) is 0.370. The van der Waals surface area contributed by atoms with E-state index in [9.17, 15) is 9.59 Å². The molecular weight excluding hydrogens is 533 g/mol. The predicted octanol–water partition coefficient (Wildman–Crippen LogP) is 5.65. The van der Waals surface area contributed by atoms with Crippen LogP contribution in [0.25, 0.3) is 0 Å². The number of carbonyl (C=O) groups excluding carboxylic acids is 2. The van der Waals surface area contributed by atoms with Gasteiger partial charge < -0.3 is 15.5 Å². The zero-order chi connectivity index (χ0) is 26.0. The Bertz CT molecular complexity index is 1260. The maximum absolute atomic E-state index is 13.6. The van der Waals surface area contributed by atoms with Gasteiger partial charge in [-0.05, 0) is 76.2 Å². The van der Waals surface area contributed by atoms with E-state index in [0.29, 0.717) is 22.2 Å². The Morgan fingerprint density at radius 1 is 1.05 bits per heavy atom. The standard InChI is InChI=1S/C27H31Cl2N5O2.ClH/c1-27(2,3)33-12-11-22(32-33)21-15-23(26(36)31-20-10-6-9-19(29)14-20)34(24(35)16-30-4)25(21)17-7-5-8-18(28)13-17;/h5-14,21,23,25,30H,15-16H2,1-4H3,(H,31,36);1H/t21?,23-,25-;/m0./s1. The summed E-state index contributed by atoms with van der Waals surface area (Å²) in [6, 6.07) is 15.3. The Morgan fingerprint density at radius 2 is 1.73 bits per heavy atom. The highest BCUT2D eigenvalue weighted by Crippen LogP contribution is 2.47. The van der Waals surface area contributed by atoms with Crippen LogP contribution in [0.5, 0.6) is 0 Å². The largest absolute Gasteiger partial charge is 0.324 e. The number of anilines is 1. The minimum atomic E-state index is -0.710. The molecule has 2 aromatic carbocycles. The first kappa shape index (κ1) is 29.0. The van der Waals surface area contributed by atoms with Crippen molar-refractivity contribution in [1.29, 1.82) is 0 Å². The number of carbonyl (C=O) groups is 2. The molecule has 3 aromatic rings. The van der Waals surface area contributed by atoms with Gasteiger partial charge in [0.2, 0.25) is 11.8 Å². The first-order valence-electron chi connectivity index (χ1n) is 11.9. The van der Waals surface area contributed by atoms with Gasteiger partial charge in [-0.15, -0.1) is 12.4 Å². The molecule has 2 amide bonds. The molecule has 0 aliphatic carbocycles. The van der Waals surface area contributed by atoms with Crippen molar-refractivity contribution in [2.45, 2.75) is 50.7 Å². The first-order chi connectivity index (χ1) is 17.1. The van der Waals surface area contributed by atoms with E-state index < -0.39 is 12.1 Å². The maximum Gasteiger partial charge on any atom is 0.247 e. The Labute approximate surface area is 233 Å². The third-order valence-electron chi connectivity index (χ3n) is 6.37. The number of benzene rings is 2. The van der Waals surface area contributed by atoms with E-state index >= 15 is 0 Å². The van der Waals surface area contributed by atoms with E-state index in [2.05, 4.69) is 31.4 Å². The minimum Gasteiger partial charge on any atom is -0.324 e. The van der Waals surface area contributed by atoms with Gasteiger partial charge in [0.05, 0.1) is 23.8 Å². The van der Waals surface area contributed by atoms with Crippen LogP contribution in [0, 0.1) is 0 Å². The molecule has 0 spiro atoms. The maximum atomic E-state index is 13.6. The van der Waals surface area contributed by atoms with Crippen molar-refractivity contribution in [3.05, 3.63) is 82.1 Å². The fourth-order valence-electron chi connectivity index (χ4n) is 4.74. The summed E-state index contributed by atoms with van der Waals surface area (Å²) in [6.45, 7) is 6.34. The Morgan fingerprint density at radius 3 is 2.32 bits per heavy atom. The lowest BCUT2D eigenvalue weighted by Gasteiger charge is -2.31. The average Bonchev–Trinajstić information content (AvgIpc) is 3.45. The summed E-state index contributed by atoms with van der Waals surface area (Å²) in [6.07, 6.45) is 2.36. The van der Waals surface area contributed by atoms with Gasteiger partial charge in [0, 0.05) is 27.8 Å². The van der Waals surface area contributed by atoms with Gasteiger partial charge in [0.15, 0.2) is 0 Å². The van der Waals surface area contributed by atoms with Gasteiger partial charge in [0.25, 0.3) is 0 Å². The number of nitrogens with zero attached hydrogens (tertiary/aromatic N) is 3. The van der Waals surface area contributed by atoms with Crippen LogP contribution in [0.3, 0.4) is 0 Å². The first-order valence-corrected chi connectivity index (χ1v) is 12.7. The molecule has 1 aliphatic heterocycles. The molecule has 198 valence electrons. The van der Waals surface area contributed by atoms with Gasteiger partial charge in [0.1, 0.15) is 6.04 Å². The van der Waals surface area contributed by atoms with Gasteiger partial charge in [-0.1, -0.05) is 41.4 Å². The van der Waals surface area contributed by atoms with E-state index in [-0.39, 0.29) is 42.2 Å². The third-order valence-corrected chi connectivity index (χ3v) is 6.84. The SMILES string of the molecule is CNCC(=O)N1[C@H](C(=O)Nc2cccc(Cl)c2)CC(c2ccn(C(C)(C)C)n2)[C@@H]1c1cccc(Cl)c1.Cl. The lowest BCUT2D eigenvalue weighted by Crippen LogP contribution is -2.47. The van der Waals surface area contributed by atoms with Crippen LogP contribution < -0.4 is 10.6 Å². The number of amides is 2. The van der Waals surface area contributed by atoms with Crippen molar-refractivity contribution >= 4 is 53.1 Å². The second kappa shape index (κ2) is 11.9. The topological polar surface area (TPSA) is 79.3 Å². The van der Waals surface area contributed by atoms with Crippen molar-refractivity contribution < 1.29 is 9.59 Å². The molecule has 3 atom stereocenters. The fourth-order valence-corrected chi connectivity index (χ4v) is 5.13. The highest BCUT2D eigenvalue weighted by Gasteiger charge is 2.48. The monoisotopic (exact) mass is 563 g/mol. The smallest absolute Gasteiger partial charge is 0.247 e. The molecule has 0 radical (unpaired) electrons. The Kier molecular flexibility index (Phi) is 9.29. The molecule has 0 saturated carbocycles. The molecule has 1 saturated heterocycles. The Balaban J connectivity index is 0.00000380. The number of aromatic nitrogens is 2. The van der Waals surface area contributed by atoms with Crippen LogP contribution in [0.2, 0.25) is 10.0 Å². The van der Waals surface area contributed by atoms with Gasteiger partial charge in [-0.3, -0.25) is 14.3 Å². The van der Waals surface area contributed by atoms with Crippen LogP contribution >= 0.6 is 35.6 Å². The van der Waals surface area contributed by atoms with E-state index in [4.69, 9.17) is 28.3 Å². The molecule has 10 heteroatoms.